The number of thioether (sulfide) groups is 1. The number of hydrogen-bond donors (Lipinski definition) is 1. The zero-order chi connectivity index (χ0) is 21.8. The van der Waals surface area contributed by atoms with Gasteiger partial charge in [0.25, 0.3) is 0 Å². The van der Waals surface area contributed by atoms with Crippen molar-refractivity contribution in [1.82, 2.24) is 14.8 Å². The number of rotatable bonds is 7. The largest absolute Gasteiger partial charge is 0.482 e. The number of halogens is 3. The molecule has 0 aliphatic heterocycles. The molecule has 0 saturated heterocycles. The molecule has 3 rings (SSSR count). The fourth-order valence-corrected chi connectivity index (χ4v) is 4.10. The van der Waals surface area contributed by atoms with Gasteiger partial charge in [0.15, 0.2) is 17.1 Å². The number of nitrogens with one attached hydrogen (secondary N) is 1. The van der Waals surface area contributed by atoms with Crippen LogP contribution in [0.2, 0.25) is 15.1 Å². The van der Waals surface area contributed by atoms with Crippen LogP contribution in [-0.4, -0.2) is 26.4 Å². The van der Waals surface area contributed by atoms with E-state index in [1.807, 2.05) is 37.6 Å². The summed E-state index contributed by atoms with van der Waals surface area (Å²) in [4.78, 5) is 12.3. The number of aryl methyl sites for hydroxylation is 1. The fourth-order valence-electron chi connectivity index (χ4n) is 2.70. The van der Waals surface area contributed by atoms with Crippen molar-refractivity contribution < 1.29 is 9.53 Å². The Kier molecular flexibility index (Phi) is 7.52. The van der Waals surface area contributed by atoms with E-state index in [-0.39, 0.29) is 17.8 Å². The minimum absolute atomic E-state index is 0.149. The summed E-state index contributed by atoms with van der Waals surface area (Å²) >= 11 is 19.2. The van der Waals surface area contributed by atoms with Gasteiger partial charge in [0, 0.05) is 17.1 Å². The van der Waals surface area contributed by atoms with Gasteiger partial charge < -0.3 is 14.6 Å². The van der Waals surface area contributed by atoms with Crippen molar-refractivity contribution in [2.75, 3.05) is 11.1 Å². The Hall–Kier alpha value is -1.93. The van der Waals surface area contributed by atoms with Gasteiger partial charge in [-0.1, -0.05) is 46.6 Å². The topological polar surface area (TPSA) is 69.0 Å². The van der Waals surface area contributed by atoms with Crippen LogP contribution in [0.1, 0.15) is 24.4 Å². The van der Waals surface area contributed by atoms with Crippen molar-refractivity contribution >= 4 is 58.2 Å². The van der Waals surface area contributed by atoms with E-state index in [0.29, 0.717) is 31.7 Å². The van der Waals surface area contributed by atoms with E-state index in [1.54, 1.807) is 24.3 Å². The Bertz CT molecular complexity index is 1070. The second kappa shape index (κ2) is 9.92. The van der Waals surface area contributed by atoms with E-state index >= 15 is 0 Å². The fraction of sp³-hybridized carbons (Fsp3) is 0.250. The third kappa shape index (κ3) is 5.60. The SMILES string of the molecule is Cc1cc(Cl)ccc1OC(C)c1nnc(SCC(=O)Nc2ccc(Cl)cc2Cl)n1C. The minimum Gasteiger partial charge on any atom is -0.482 e. The zero-order valence-corrected chi connectivity index (χ0v) is 19.5. The highest BCUT2D eigenvalue weighted by atomic mass is 35.5. The van der Waals surface area contributed by atoms with Gasteiger partial charge in [-0.25, -0.2) is 0 Å². The quantitative estimate of drug-likeness (QED) is 0.418. The maximum absolute atomic E-state index is 12.3. The van der Waals surface area contributed by atoms with Gasteiger partial charge in [-0.2, -0.15) is 0 Å². The van der Waals surface area contributed by atoms with Crippen LogP contribution in [0.3, 0.4) is 0 Å². The number of amides is 1. The van der Waals surface area contributed by atoms with Crippen LogP contribution in [-0.2, 0) is 11.8 Å². The van der Waals surface area contributed by atoms with E-state index in [9.17, 15) is 4.79 Å². The Morgan fingerprint density at radius 2 is 1.87 bits per heavy atom. The van der Waals surface area contributed by atoms with Crippen LogP contribution in [0, 0.1) is 6.92 Å². The normalized spacial score (nSPS) is 11.9. The highest BCUT2D eigenvalue weighted by Gasteiger charge is 2.19. The molecule has 1 N–H and O–H groups in total. The van der Waals surface area contributed by atoms with Crippen molar-refractivity contribution in [2.24, 2.45) is 7.05 Å². The molecule has 0 fully saturated rings. The van der Waals surface area contributed by atoms with Crippen molar-refractivity contribution in [3.63, 3.8) is 0 Å². The molecular weight excluding hydrogens is 467 g/mol. The lowest BCUT2D eigenvalue weighted by atomic mass is 10.2. The number of hydrogen-bond acceptors (Lipinski definition) is 5. The lowest BCUT2D eigenvalue weighted by Crippen LogP contribution is -2.15. The second-order valence-corrected chi connectivity index (χ2v) is 8.75. The van der Waals surface area contributed by atoms with E-state index in [1.165, 1.54) is 11.8 Å². The highest BCUT2D eigenvalue weighted by molar-refractivity contribution is 7.99. The Labute approximate surface area is 193 Å². The molecule has 2 aromatic carbocycles. The minimum atomic E-state index is -0.335. The summed E-state index contributed by atoms with van der Waals surface area (Å²) in [6, 6.07) is 10.3. The molecule has 1 aromatic heterocycles. The zero-order valence-electron chi connectivity index (χ0n) is 16.4. The first-order valence-corrected chi connectivity index (χ1v) is 11.1. The molecule has 158 valence electrons. The highest BCUT2D eigenvalue weighted by Crippen LogP contribution is 2.28. The summed E-state index contributed by atoms with van der Waals surface area (Å²) in [6.45, 7) is 3.82. The molecule has 0 spiro atoms. The molecule has 1 heterocycles. The molecule has 3 aromatic rings. The van der Waals surface area contributed by atoms with E-state index < -0.39 is 0 Å². The summed E-state index contributed by atoms with van der Waals surface area (Å²) < 4.78 is 7.82. The summed E-state index contributed by atoms with van der Waals surface area (Å²) in [7, 11) is 1.83. The number of benzene rings is 2. The van der Waals surface area contributed by atoms with Gasteiger partial charge in [-0.05, 0) is 55.8 Å². The number of carbonyl (C=O) groups excluding carboxylic acids is 1. The molecule has 0 saturated carbocycles. The van der Waals surface area contributed by atoms with Crippen LogP contribution in [0.4, 0.5) is 5.69 Å². The van der Waals surface area contributed by atoms with Crippen LogP contribution in [0.25, 0.3) is 0 Å². The molecule has 0 bridgehead atoms. The van der Waals surface area contributed by atoms with E-state index in [4.69, 9.17) is 39.5 Å². The summed E-state index contributed by atoms with van der Waals surface area (Å²) in [6.07, 6.45) is -0.335. The van der Waals surface area contributed by atoms with Crippen LogP contribution in [0.15, 0.2) is 41.6 Å². The van der Waals surface area contributed by atoms with Crippen molar-refractivity contribution in [3.8, 4) is 5.75 Å². The Morgan fingerprint density at radius 1 is 1.17 bits per heavy atom. The molecule has 0 aliphatic rings. The third-order valence-electron chi connectivity index (χ3n) is 4.21. The first-order valence-electron chi connectivity index (χ1n) is 8.94. The summed E-state index contributed by atoms with van der Waals surface area (Å²) in [5.74, 6) is 1.31. The van der Waals surface area contributed by atoms with Crippen molar-refractivity contribution in [2.45, 2.75) is 25.1 Å². The smallest absolute Gasteiger partial charge is 0.234 e. The monoisotopic (exact) mass is 484 g/mol. The molecule has 0 radical (unpaired) electrons. The number of anilines is 1. The van der Waals surface area contributed by atoms with Crippen molar-refractivity contribution in [3.05, 3.63) is 62.9 Å². The predicted molar refractivity (Wildman–Crippen MR) is 122 cm³/mol. The molecule has 1 unspecified atom stereocenters. The van der Waals surface area contributed by atoms with Crippen LogP contribution >= 0.6 is 46.6 Å². The maximum Gasteiger partial charge on any atom is 0.234 e. The second-order valence-electron chi connectivity index (χ2n) is 6.53. The molecular formula is C20H19Cl3N4O2S. The number of ether oxygens (including phenoxy) is 1. The average molecular weight is 486 g/mol. The first kappa shape index (κ1) is 22.7. The van der Waals surface area contributed by atoms with E-state index in [0.717, 1.165) is 11.3 Å². The molecule has 1 atom stereocenters. The van der Waals surface area contributed by atoms with Crippen molar-refractivity contribution in [1.29, 1.82) is 0 Å². The predicted octanol–water partition coefficient (Wildman–Crippen LogP) is 5.95. The van der Waals surface area contributed by atoms with Gasteiger partial charge >= 0.3 is 0 Å². The first-order chi connectivity index (χ1) is 14.2. The van der Waals surface area contributed by atoms with E-state index in [2.05, 4.69) is 15.5 Å². The number of nitrogens with zero attached hydrogens (tertiary/aromatic N) is 3. The van der Waals surface area contributed by atoms with Gasteiger partial charge in [0.1, 0.15) is 5.75 Å². The average Bonchev–Trinajstić information content (AvgIpc) is 3.05. The molecule has 10 heteroatoms. The van der Waals surface area contributed by atoms with Gasteiger partial charge in [0.05, 0.1) is 16.5 Å². The summed E-state index contributed by atoms with van der Waals surface area (Å²) in [5.41, 5.74) is 1.44. The Morgan fingerprint density at radius 3 is 2.57 bits per heavy atom. The van der Waals surface area contributed by atoms with Gasteiger partial charge in [0.2, 0.25) is 5.91 Å². The lowest BCUT2D eigenvalue weighted by molar-refractivity contribution is -0.113. The molecule has 6 nitrogen and oxygen atoms in total. The van der Waals surface area contributed by atoms with Crippen LogP contribution < -0.4 is 10.1 Å². The van der Waals surface area contributed by atoms with Crippen LogP contribution in [0.5, 0.6) is 5.75 Å². The number of aromatic nitrogens is 3. The number of carbonyl (C=O) groups is 1. The van der Waals surface area contributed by atoms with Gasteiger partial charge in [-0.3, -0.25) is 4.79 Å². The molecule has 0 aliphatic carbocycles. The molecule has 1 amide bonds. The standard InChI is InChI=1S/C20H19Cl3N4O2S/c1-11-8-13(21)5-7-17(11)29-12(2)19-25-26-20(27(19)3)30-10-18(28)24-16-6-4-14(22)9-15(16)23/h4-9,12H,10H2,1-3H3,(H,24,28). The molecule has 30 heavy (non-hydrogen) atoms. The maximum atomic E-state index is 12.3. The lowest BCUT2D eigenvalue weighted by Gasteiger charge is -2.16. The van der Waals surface area contributed by atoms with Gasteiger partial charge in [-0.15, -0.1) is 10.2 Å². The summed E-state index contributed by atoms with van der Waals surface area (Å²) in [5, 5.41) is 13.3. The third-order valence-corrected chi connectivity index (χ3v) is 6.01. The Balaban J connectivity index is 1.61.